The van der Waals surface area contributed by atoms with Gasteiger partial charge in [-0.3, -0.25) is 0 Å². The van der Waals surface area contributed by atoms with Gasteiger partial charge in [0.1, 0.15) is 0 Å². The van der Waals surface area contributed by atoms with Crippen LogP contribution in [0.1, 0.15) is 18.1 Å². The van der Waals surface area contributed by atoms with E-state index < -0.39 is 0 Å². The largest absolute Gasteiger partial charge is 0.380 e. The SMILES string of the molecule is CCONCc1ccccc1COC. The van der Waals surface area contributed by atoms with Gasteiger partial charge in [-0.25, -0.2) is 0 Å². The van der Waals surface area contributed by atoms with Crippen molar-refractivity contribution < 1.29 is 9.57 Å². The Hall–Kier alpha value is -0.900. The summed E-state index contributed by atoms with van der Waals surface area (Å²) < 4.78 is 5.11. The molecule has 0 aliphatic heterocycles. The predicted molar refractivity (Wildman–Crippen MR) is 55.6 cm³/mol. The molecular weight excluding hydrogens is 178 g/mol. The Bertz CT molecular complexity index is 263. The van der Waals surface area contributed by atoms with Gasteiger partial charge in [0.2, 0.25) is 0 Å². The van der Waals surface area contributed by atoms with E-state index in [0.29, 0.717) is 19.8 Å². The number of methoxy groups -OCH3 is 1. The van der Waals surface area contributed by atoms with Crippen molar-refractivity contribution in [1.82, 2.24) is 5.48 Å². The number of ether oxygens (including phenoxy) is 1. The zero-order valence-electron chi connectivity index (χ0n) is 8.75. The van der Waals surface area contributed by atoms with Crippen molar-refractivity contribution in [3.63, 3.8) is 0 Å². The zero-order chi connectivity index (χ0) is 10.2. The van der Waals surface area contributed by atoms with E-state index in [1.807, 2.05) is 19.1 Å². The first-order chi connectivity index (χ1) is 6.88. The van der Waals surface area contributed by atoms with E-state index in [2.05, 4.69) is 17.6 Å². The molecule has 0 bridgehead atoms. The highest BCUT2D eigenvalue weighted by Crippen LogP contribution is 2.09. The highest BCUT2D eigenvalue weighted by atomic mass is 16.6. The summed E-state index contributed by atoms with van der Waals surface area (Å²) in [5, 5.41) is 0. The summed E-state index contributed by atoms with van der Waals surface area (Å²) in [4.78, 5) is 5.08. The predicted octanol–water partition coefficient (Wildman–Crippen LogP) is 1.87. The Morgan fingerprint density at radius 1 is 1.21 bits per heavy atom. The summed E-state index contributed by atoms with van der Waals surface area (Å²) >= 11 is 0. The van der Waals surface area contributed by atoms with Gasteiger partial charge in [-0.1, -0.05) is 24.3 Å². The third-order valence-corrected chi connectivity index (χ3v) is 1.93. The van der Waals surface area contributed by atoms with Gasteiger partial charge in [0, 0.05) is 13.7 Å². The van der Waals surface area contributed by atoms with Crippen LogP contribution in [-0.2, 0) is 22.7 Å². The molecule has 3 heteroatoms. The average molecular weight is 195 g/mol. The van der Waals surface area contributed by atoms with Crippen LogP contribution in [-0.4, -0.2) is 13.7 Å². The van der Waals surface area contributed by atoms with E-state index in [0.717, 1.165) is 0 Å². The minimum Gasteiger partial charge on any atom is -0.380 e. The number of hydrogen-bond donors (Lipinski definition) is 1. The van der Waals surface area contributed by atoms with Gasteiger partial charge in [0.05, 0.1) is 13.2 Å². The fraction of sp³-hybridized carbons (Fsp3) is 0.455. The lowest BCUT2D eigenvalue weighted by Crippen LogP contribution is -2.14. The van der Waals surface area contributed by atoms with Gasteiger partial charge < -0.3 is 9.57 Å². The number of rotatable bonds is 6. The highest BCUT2D eigenvalue weighted by Gasteiger charge is 1.99. The van der Waals surface area contributed by atoms with Crippen molar-refractivity contribution in [1.29, 1.82) is 0 Å². The molecule has 0 saturated carbocycles. The average Bonchev–Trinajstić information content (AvgIpc) is 2.21. The standard InChI is InChI=1S/C11H17NO2/c1-3-14-12-8-10-6-4-5-7-11(10)9-13-2/h4-7,12H,3,8-9H2,1-2H3. The Morgan fingerprint density at radius 3 is 2.57 bits per heavy atom. The summed E-state index contributed by atoms with van der Waals surface area (Å²) in [6, 6.07) is 8.16. The van der Waals surface area contributed by atoms with E-state index >= 15 is 0 Å². The van der Waals surface area contributed by atoms with Crippen molar-refractivity contribution in [2.24, 2.45) is 0 Å². The van der Waals surface area contributed by atoms with Gasteiger partial charge in [0.15, 0.2) is 0 Å². The second kappa shape index (κ2) is 6.54. The summed E-state index contributed by atoms with van der Waals surface area (Å²) in [7, 11) is 1.70. The van der Waals surface area contributed by atoms with Gasteiger partial charge in [-0.2, -0.15) is 5.48 Å². The van der Waals surface area contributed by atoms with Crippen LogP contribution in [0, 0.1) is 0 Å². The fourth-order valence-electron chi connectivity index (χ4n) is 1.26. The molecule has 0 radical (unpaired) electrons. The monoisotopic (exact) mass is 195 g/mol. The molecule has 14 heavy (non-hydrogen) atoms. The molecule has 0 amide bonds. The summed E-state index contributed by atoms with van der Waals surface area (Å²) in [5.41, 5.74) is 5.30. The Labute approximate surface area is 85.0 Å². The molecule has 0 unspecified atom stereocenters. The lowest BCUT2D eigenvalue weighted by atomic mass is 10.1. The van der Waals surface area contributed by atoms with Gasteiger partial charge in [-0.15, -0.1) is 0 Å². The summed E-state index contributed by atoms with van der Waals surface area (Å²) in [6.45, 7) is 3.98. The van der Waals surface area contributed by atoms with Crippen LogP contribution in [0.5, 0.6) is 0 Å². The maximum atomic E-state index is 5.11. The van der Waals surface area contributed by atoms with Gasteiger partial charge in [-0.05, 0) is 18.1 Å². The lowest BCUT2D eigenvalue weighted by molar-refractivity contribution is 0.0458. The molecule has 0 aromatic heterocycles. The summed E-state index contributed by atoms with van der Waals surface area (Å²) in [6.07, 6.45) is 0. The van der Waals surface area contributed by atoms with Crippen molar-refractivity contribution in [3.8, 4) is 0 Å². The maximum Gasteiger partial charge on any atom is 0.0716 e. The minimum atomic E-state index is 0.643. The smallest absolute Gasteiger partial charge is 0.0716 e. The molecule has 78 valence electrons. The van der Waals surface area contributed by atoms with E-state index in [1.165, 1.54) is 11.1 Å². The third-order valence-electron chi connectivity index (χ3n) is 1.93. The third kappa shape index (κ3) is 3.46. The molecule has 0 saturated heterocycles. The van der Waals surface area contributed by atoms with Crippen molar-refractivity contribution in [2.45, 2.75) is 20.1 Å². The van der Waals surface area contributed by atoms with Crippen LogP contribution < -0.4 is 5.48 Å². The van der Waals surface area contributed by atoms with Crippen molar-refractivity contribution in [3.05, 3.63) is 35.4 Å². The number of hydrogen-bond acceptors (Lipinski definition) is 3. The number of benzene rings is 1. The van der Waals surface area contributed by atoms with Crippen LogP contribution in [0.25, 0.3) is 0 Å². The first-order valence-electron chi connectivity index (χ1n) is 4.78. The van der Waals surface area contributed by atoms with Crippen LogP contribution in [0.2, 0.25) is 0 Å². The molecule has 0 fully saturated rings. The molecule has 0 spiro atoms. The number of hydroxylamine groups is 1. The molecule has 1 N–H and O–H groups in total. The van der Waals surface area contributed by atoms with Crippen LogP contribution in [0.3, 0.4) is 0 Å². The first kappa shape index (κ1) is 11.2. The topological polar surface area (TPSA) is 30.5 Å². The second-order valence-corrected chi connectivity index (χ2v) is 2.96. The molecular formula is C11H17NO2. The molecule has 0 heterocycles. The molecule has 0 aliphatic carbocycles. The zero-order valence-corrected chi connectivity index (χ0v) is 8.75. The summed E-state index contributed by atoms with van der Waals surface area (Å²) in [5.74, 6) is 0. The highest BCUT2D eigenvalue weighted by molar-refractivity contribution is 5.26. The quantitative estimate of drug-likeness (QED) is 0.555. The van der Waals surface area contributed by atoms with E-state index in [-0.39, 0.29) is 0 Å². The minimum absolute atomic E-state index is 0.643. The van der Waals surface area contributed by atoms with Crippen LogP contribution >= 0.6 is 0 Å². The lowest BCUT2D eigenvalue weighted by Gasteiger charge is -2.09. The van der Waals surface area contributed by atoms with Crippen molar-refractivity contribution >= 4 is 0 Å². The Morgan fingerprint density at radius 2 is 1.93 bits per heavy atom. The van der Waals surface area contributed by atoms with Gasteiger partial charge >= 0.3 is 0 Å². The fourth-order valence-corrected chi connectivity index (χ4v) is 1.26. The Balaban J connectivity index is 2.55. The van der Waals surface area contributed by atoms with E-state index in [9.17, 15) is 0 Å². The van der Waals surface area contributed by atoms with Gasteiger partial charge in [0.25, 0.3) is 0 Å². The molecule has 1 rings (SSSR count). The van der Waals surface area contributed by atoms with E-state index in [4.69, 9.17) is 9.57 Å². The normalized spacial score (nSPS) is 10.4. The Kier molecular flexibility index (Phi) is 5.22. The molecule has 1 aromatic carbocycles. The molecule has 1 aromatic rings. The number of nitrogens with one attached hydrogen (secondary N) is 1. The molecule has 0 aliphatic rings. The maximum absolute atomic E-state index is 5.11. The van der Waals surface area contributed by atoms with Crippen LogP contribution in [0.4, 0.5) is 0 Å². The van der Waals surface area contributed by atoms with E-state index in [1.54, 1.807) is 7.11 Å². The molecule has 3 nitrogen and oxygen atoms in total. The van der Waals surface area contributed by atoms with Crippen LogP contribution in [0.15, 0.2) is 24.3 Å². The molecule has 0 atom stereocenters. The first-order valence-corrected chi connectivity index (χ1v) is 4.78. The van der Waals surface area contributed by atoms with Crippen molar-refractivity contribution in [2.75, 3.05) is 13.7 Å². The second-order valence-electron chi connectivity index (χ2n) is 2.96.